The Bertz CT molecular complexity index is 1340. The Kier molecular flexibility index (Phi) is 11.2. The molecule has 1 aromatic carbocycles. The molecular formula is C29H39N3O6. The summed E-state index contributed by atoms with van der Waals surface area (Å²) in [6.45, 7) is 10.1. The first-order valence-electron chi connectivity index (χ1n) is 12.7. The van der Waals surface area contributed by atoms with Gasteiger partial charge in [-0.2, -0.15) is 0 Å². The lowest BCUT2D eigenvalue weighted by atomic mass is 9.98. The first-order valence-corrected chi connectivity index (χ1v) is 12.7. The van der Waals surface area contributed by atoms with Crippen LogP contribution in [0, 0.1) is 12.8 Å². The number of ketones is 1. The number of hydrogen-bond acceptors (Lipinski definition) is 7. The van der Waals surface area contributed by atoms with E-state index in [0.717, 1.165) is 12.4 Å². The van der Waals surface area contributed by atoms with Crippen LogP contribution < -0.4 is 21.4 Å². The Balaban J connectivity index is 0.000000304. The lowest BCUT2D eigenvalue weighted by molar-refractivity contribution is 0.0935. The van der Waals surface area contributed by atoms with E-state index in [1.165, 1.54) is 36.0 Å². The number of alkyl carbamates (subject to hydrolysis) is 1. The van der Waals surface area contributed by atoms with Gasteiger partial charge in [0, 0.05) is 47.7 Å². The number of ether oxygens (including phenoxy) is 2. The number of hydrogen-bond donors (Lipinski definition) is 2. The van der Waals surface area contributed by atoms with Crippen molar-refractivity contribution in [3.05, 3.63) is 70.0 Å². The highest BCUT2D eigenvalue weighted by molar-refractivity contribution is 6.01. The summed E-state index contributed by atoms with van der Waals surface area (Å²) in [6.07, 6.45) is 4.06. The number of nitrogens with zero attached hydrogens (tertiary/aromatic N) is 1. The standard InChI is InChI=1S/C17H24N2O5.C12H15NO/c1-10(2)15(20)14-12(18)9-13(24-16(14)21)11(3)7-5-6-8-19-17(22)23-4;1-4-14-11-5-6-12-10(8-11)7-9(2)13(12)3/h6,8-11H,5,7,18H2,1-4H3,(H,19,22);5-8H,4H2,1-3H3/b8-6+;. The second-order valence-electron chi connectivity index (χ2n) is 9.30. The first-order chi connectivity index (χ1) is 18.0. The lowest BCUT2D eigenvalue weighted by Crippen LogP contribution is -2.21. The van der Waals surface area contributed by atoms with Crippen molar-refractivity contribution in [3.63, 3.8) is 0 Å². The van der Waals surface area contributed by atoms with Crippen LogP contribution in [-0.4, -0.2) is 30.2 Å². The van der Waals surface area contributed by atoms with Crippen molar-refractivity contribution < 1.29 is 23.5 Å². The number of anilines is 1. The molecule has 2 heterocycles. The molecule has 9 heteroatoms. The van der Waals surface area contributed by atoms with Crippen molar-refractivity contribution in [1.29, 1.82) is 0 Å². The maximum absolute atomic E-state index is 12.1. The van der Waals surface area contributed by atoms with Crippen LogP contribution in [0.5, 0.6) is 5.75 Å². The third-order valence-corrected chi connectivity index (χ3v) is 6.09. The van der Waals surface area contributed by atoms with E-state index < -0.39 is 11.7 Å². The number of rotatable bonds is 9. The molecule has 1 atom stereocenters. The van der Waals surface area contributed by atoms with Crippen LogP contribution >= 0.6 is 0 Å². The van der Waals surface area contributed by atoms with Crippen LogP contribution in [-0.2, 0) is 11.8 Å². The van der Waals surface area contributed by atoms with Crippen LogP contribution in [0.25, 0.3) is 10.9 Å². The van der Waals surface area contributed by atoms with Crippen molar-refractivity contribution in [2.45, 2.75) is 53.4 Å². The molecular weight excluding hydrogens is 486 g/mol. The largest absolute Gasteiger partial charge is 0.494 e. The molecule has 0 spiro atoms. The van der Waals surface area contributed by atoms with E-state index in [1.807, 2.05) is 19.9 Å². The van der Waals surface area contributed by atoms with Crippen molar-refractivity contribution >= 4 is 28.5 Å². The number of nitrogen functional groups attached to an aromatic ring is 1. The van der Waals surface area contributed by atoms with Gasteiger partial charge in [-0.05, 0) is 51.0 Å². The maximum atomic E-state index is 12.1. The minimum atomic E-state index is -0.696. The van der Waals surface area contributed by atoms with Crippen molar-refractivity contribution in [1.82, 2.24) is 9.88 Å². The fourth-order valence-electron chi connectivity index (χ4n) is 3.78. The second-order valence-corrected chi connectivity index (χ2v) is 9.30. The highest BCUT2D eigenvalue weighted by Crippen LogP contribution is 2.24. The number of methoxy groups -OCH3 is 1. The molecule has 0 radical (unpaired) electrons. The van der Waals surface area contributed by atoms with Gasteiger partial charge >= 0.3 is 11.7 Å². The van der Waals surface area contributed by atoms with E-state index in [1.54, 1.807) is 19.9 Å². The number of carbonyl (C=O) groups excluding carboxylic acids is 2. The van der Waals surface area contributed by atoms with Crippen molar-refractivity contribution in [2.24, 2.45) is 13.0 Å². The van der Waals surface area contributed by atoms with Gasteiger partial charge in [0.2, 0.25) is 0 Å². The molecule has 2 aromatic heterocycles. The van der Waals surface area contributed by atoms with Crippen LogP contribution in [0.4, 0.5) is 10.5 Å². The molecule has 3 N–H and O–H groups in total. The quantitative estimate of drug-likeness (QED) is 0.343. The van der Waals surface area contributed by atoms with E-state index in [9.17, 15) is 14.4 Å². The van der Waals surface area contributed by atoms with Gasteiger partial charge in [0.05, 0.1) is 19.4 Å². The Morgan fingerprint density at radius 2 is 1.89 bits per heavy atom. The summed E-state index contributed by atoms with van der Waals surface area (Å²) >= 11 is 0. The van der Waals surface area contributed by atoms with Gasteiger partial charge in [-0.3, -0.25) is 10.1 Å². The Hall–Kier alpha value is -4.01. The number of nitrogens with two attached hydrogens (primary N) is 1. The molecule has 3 aromatic rings. The topological polar surface area (TPSA) is 126 Å². The molecule has 3 rings (SSSR count). The minimum absolute atomic E-state index is 0.0639. The molecule has 0 aliphatic rings. The SMILES string of the molecule is CCOc1ccc2c(c1)cc(C)n2C.COC(=O)N/C=C/CCC(C)c1cc(N)c(C(=O)C(C)C)c(=O)o1. The fourth-order valence-corrected chi connectivity index (χ4v) is 3.78. The van der Waals surface area contributed by atoms with Crippen LogP contribution in [0.3, 0.4) is 0 Å². The molecule has 1 unspecified atom stereocenters. The summed E-state index contributed by atoms with van der Waals surface area (Å²) in [4.78, 5) is 34.9. The number of fused-ring (bicyclic) bond motifs is 1. The summed E-state index contributed by atoms with van der Waals surface area (Å²) < 4.78 is 17.3. The van der Waals surface area contributed by atoms with Gasteiger partial charge in [0.25, 0.3) is 0 Å². The summed E-state index contributed by atoms with van der Waals surface area (Å²) in [5.74, 6) is 0.673. The maximum Gasteiger partial charge on any atom is 0.410 e. The van der Waals surface area contributed by atoms with Gasteiger partial charge in [-0.1, -0.05) is 26.8 Å². The zero-order valence-electron chi connectivity index (χ0n) is 23.3. The van der Waals surface area contributed by atoms with Crippen LogP contribution in [0.1, 0.15) is 68.3 Å². The third kappa shape index (κ3) is 7.99. The number of benzene rings is 1. The lowest BCUT2D eigenvalue weighted by Gasteiger charge is -2.12. The third-order valence-electron chi connectivity index (χ3n) is 6.09. The number of aromatic nitrogens is 1. The van der Waals surface area contributed by atoms with E-state index in [4.69, 9.17) is 14.9 Å². The van der Waals surface area contributed by atoms with Crippen molar-refractivity contribution in [2.75, 3.05) is 19.5 Å². The number of Topliss-reactive ketones (excluding diaryl/α,β-unsaturated/α-hetero) is 1. The molecule has 0 saturated carbocycles. The average molecular weight is 526 g/mol. The predicted octanol–water partition coefficient (Wildman–Crippen LogP) is 5.70. The molecule has 0 saturated heterocycles. The summed E-state index contributed by atoms with van der Waals surface area (Å²) in [5, 5.41) is 3.67. The number of nitrogens with one attached hydrogen (secondary N) is 1. The number of aryl methyl sites for hydroxylation is 2. The molecule has 1 amide bonds. The van der Waals surface area contributed by atoms with E-state index in [0.29, 0.717) is 18.6 Å². The van der Waals surface area contributed by atoms with Crippen molar-refractivity contribution in [3.8, 4) is 5.75 Å². The monoisotopic (exact) mass is 525 g/mol. The van der Waals surface area contributed by atoms with Gasteiger partial charge < -0.3 is 24.2 Å². The van der Waals surface area contributed by atoms with Crippen LogP contribution in [0.15, 0.2) is 51.8 Å². The highest BCUT2D eigenvalue weighted by atomic mass is 16.5. The zero-order chi connectivity index (χ0) is 28.4. The van der Waals surface area contributed by atoms with Gasteiger partial charge in [-0.15, -0.1) is 0 Å². The molecule has 38 heavy (non-hydrogen) atoms. The number of allylic oxidation sites excluding steroid dienone is 1. The highest BCUT2D eigenvalue weighted by Gasteiger charge is 2.21. The number of amides is 1. The summed E-state index contributed by atoms with van der Waals surface area (Å²) in [6, 6.07) is 9.93. The molecule has 9 nitrogen and oxygen atoms in total. The molecule has 0 aliphatic carbocycles. The van der Waals surface area contributed by atoms with Gasteiger partial charge in [0.1, 0.15) is 17.1 Å². The molecule has 0 aliphatic heterocycles. The second kappa shape index (κ2) is 14.1. The summed E-state index contributed by atoms with van der Waals surface area (Å²) in [7, 11) is 3.36. The first kappa shape index (κ1) is 30.2. The minimum Gasteiger partial charge on any atom is -0.494 e. The summed E-state index contributed by atoms with van der Waals surface area (Å²) in [5.41, 5.74) is 7.77. The Labute approximate surface area is 223 Å². The van der Waals surface area contributed by atoms with E-state index >= 15 is 0 Å². The average Bonchev–Trinajstić information content (AvgIpc) is 3.15. The van der Waals surface area contributed by atoms with Gasteiger partial charge in [-0.25, -0.2) is 9.59 Å². The fraction of sp³-hybridized carbons (Fsp3) is 0.414. The molecule has 206 valence electrons. The van der Waals surface area contributed by atoms with E-state index in [-0.39, 0.29) is 28.9 Å². The molecule has 0 bridgehead atoms. The van der Waals surface area contributed by atoms with E-state index in [2.05, 4.69) is 46.8 Å². The van der Waals surface area contributed by atoms with Gasteiger partial charge in [0.15, 0.2) is 5.78 Å². The van der Waals surface area contributed by atoms with Crippen LogP contribution in [0.2, 0.25) is 0 Å². The normalized spacial score (nSPS) is 11.8. The smallest absolute Gasteiger partial charge is 0.410 e. The predicted molar refractivity (Wildman–Crippen MR) is 150 cm³/mol. The number of carbonyl (C=O) groups is 2. The zero-order valence-corrected chi connectivity index (χ0v) is 23.3. The Morgan fingerprint density at radius 3 is 2.50 bits per heavy atom. The Morgan fingerprint density at radius 1 is 1.18 bits per heavy atom. The molecule has 0 fully saturated rings.